The van der Waals surface area contributed by atoms with E-state index in [0.29, 0.717) is 25.9 Å². The standard InChI is InChI=1S/C20H27N5O2/c21-10-9-19(26)22-15-18-4-1-2-12-24(18)20(27)14-16-5-7-17(8-6-16)25-13-3-11-23-25/h3,5-8,11,13,18H,1-2,4,9-10,12,14-15,21H2,(H,22,26). The van der Waals surface area contributed by atoms with Crippen LogP contribution in [0.15, 0.2) is 42.7 Å². The van der Waals surface area contributed by atoms with E-state index < -0.39 is 0 Å². The van der Waals surface area contributed by atoms with E-state index in [2.05, 4.69) is 10.4 Å². The lowest BCUT2D eigenvalue weighted by molar-refractivity contribution is -0.134. The van der Waals surface area contributed by atoms with Gasteiger partial charge in [0.25, 0.3) is 0 Å². The first kappa shape index (κ1) is 19.1. The van der Waals surface area contributed by atoms with Gasteiger partial charge in [-0.05, 0) is 43.0 Å². The summed E-state index contributed by atoms with van der Waals surface area (Å²) in [6.07, 6.45) is 7.33. The fraction of sp³-hybridized carbons (Fsp3) is 0.450. The van der Waals surface area contributed by atoms with Crippen molar-refractivity contribution >= 4 is 11.8 Å². The van der Waals surface area contributed by atoms with Gasteiger partial charge in [-0.1, -0.05) is 12.1 Å². The molecule has 1 unspecified atom stereocenters. The Kier molecular flexibility index (Phi) is 6.59. The van der Waals surface area contributed by atoms with Gasteiger partial charge < -0.3 is 16.0 Å². The number of piperidine rings is 1. The number of hydrogen-bond acceptors (Lipinski definition) is 4. The van der Waals surface area contributed by atoms with Crippen LogP contribution >= 0.6 is 0 Å². The van der Waals surface area contributed by atoms with Crippen molar-refractivity contribution in [3.63, 3.8) is 0 Å². The van der Waals surface area contributed by atoms with Crippen molar-refractivity contribution in [2.24, 2.45) is 5.73 Å². The minimum atomic E-state index is -0.0512. The van der Waals surface area contributed by atoms with E-state index in [9.17, 15) is 9.59 Å². The summed E-state index contributed by atoms with van der Waals surface area (Å²) in [5.41, 5.74) is 7.36. The van der Waals surface area contributed by atoms with Crippen LogP contribution in [0.5, 0.6) is 0 Å². The monoisotopic (exact) mass is 369 g/mol. The summed E-state index contributed by atoms with van der Waals surface area (Å²) in [5.74, 6) is 0.0595. The molecule has 1 aromatic heterocycles. The third kappa shape index (κ3) is 5.17. The van der Waals surface area contributed by atoms with E-state index in [1.807, 2.05) is 41.4 Å². The Labute approximate surface area is 159 Å². The minimum Gasteiger partial charge on any atom is -0.354 e. The molecule has 2 heterocycles. The van der Waals surface area contributed by atoms with E-state index in [-0.39, 0.29) is 17.9 Å². The van der Waals surface area contributed by atoms with Gasteiger partial charge in [-0.2, -0.15) is 5.10 Å². The Morgan fingerprint density at radius 1 is 1.22 bits per heavy atom. The third-order valence-electron chi connectivity index (χ3n) is 4.91. The van der Waals surface area contributed by atoms with Gasteiger partial charge in [-0.15, -0.1) is 0 Å². The summed E-state index contributed by atoms with van der Waals surface area (Å²) in [4.78, 5) is 26.4. The van der Waals surface area contributed by atoms with Crippen molar-refractivity contribution in [1.29, 1.82) is 0 Å². The van der Waals surface area contributed by atoms with E-state index >= 15 is 0 Å². The molecule has 0 aliphatic carbocycles. The maximum absolute atomic E-state index is 12.8. The first-order valence-corrected chi connectivity index (χ1v) is 9.52. The summed E-state index contributed by atoms with van der Waals surface area (Å²) in [6.45, 7) is 1.60. The van der Waals surface area contributed by atoms with Crippen LogP contribution in [-0.2, 0) is 16.0 Å². The Morgan fingerprint density at radius 2 is 2.04 bits per heavy atom. The lowest BCUT2D eigenvalue weighted by atomic mass is 10.0. The number of benzene rings is 1. The molecule has 1 fully saturated rings. The lowest BCUT2D eigenvalue weighted by Gasteiger charge is -2.36. The molecule has 0 spiro atoms. The van der Waals surface area contributed by atoms with Crippen molar-refractivity contribution < 1.29 is 9.59 Å². The van der Waals surface area contributed by atoms with Crippen molar-refractivity contribution in [3.05, 3.63) is 48.3 Å². The van der Waals surface area contributed by atoms with Gasteiger partial charge in [-0.3, -0.25) is 9.59 Å². The summed E-state index contributed by atoms with van der Waals surface area (Å²) >= 11 is 0. The second-order valence-corrected chi connectivity index (χ2v) is 6.87. The average Bonchev–Trinajstić information content (AvgIpc) is 3.22. The fourth-order valence-corrected chi connectivity index (χ4v) is 3.46. The van der Waals surface area contributed by atoms with Gasteiger partial charge in [0.05, 0.1) is 12.1 Å². The maximum atomic E-state index is 12.8. The van der Waals surface area contributed by atoms with Crippen LogP contribution in [0.25, 0.3) is 5.69 Å². The largest absolute Gasteiger partial charge is 0.354 e. The molecular weight excluding hydrogens is 342 g/mol. The summed E-state index contributed by atoms with van der Waals surface area (Å²) in [5, 5.41) is 7.11. The number of aromatic nitrogens is 2. The second-order valence-electron chi connectivity index (χ2n) is 6.87. The molecule has 1 aliphatic heterocycles. The Balaban J connectivity index is 1.58. The summed E-state index contributed by atoms with van der Waals surface area (Å²) in [7, 11) is 0. The van der Waals surface area contributed by atoms with Crippen LogP contribution in [0, 0.1) is 0 Å². The molecular formula is C20H27N5O2. The van der Waals surface area contributed by atoms with Gasteiger partial charge in [-0.25, -0.2) is 4.68 Å². The molecule has 0 bridgehead atoms. The van der Waals surface area contributed by atoms with Gasteiger partial charge in [0.1, 0.15) is 0 Å². The molecule has 7 nitrogen and oxygen atoms in total. The van der Waals surface area contributed by atoms with E-state index in [1.165, 1.54) is 0 Å². The molecule has 1 aliphatic rings. The van der Waals surface area contributed by atoms with Crippen LogP contribution in [-0.4, -0.2) is 52.2 Å². The van der Waals surface area contributed by atoms with Gasteiger partial charge in [0.2, 0.25) is 11.8 Å². The van der Waals surface area contributed by atoms with Crippen LogP contribution in [0.1, 0.15) is 31.2 Å². The van der Waals surface area contributed by atoms with Gasteiger partial charge >= 0.3 is 0 Å². The van der Waals surface area contributed by atoms with Crippen LogP contribution in [0.3, 0.4) is 0 Å². The molecule has 2 amide bonds. The maximum Gasteiger partial charge on any atom is 0.227 e. The Bertz CT molecular complexity index is 742. The minimum absolute atomic E-state index is 0.0512. The highest BCUT2D eigenvalue weighted by Crippen LogP contribution is 2.18. The number of likely N-dealkylation sites (tertiary alicyclic amines) is 1. The number of nitrogens with two attached hydrogens (primary N) is 1. The van der Waals surface area contributed by atoms with E-state index in [0.717, 1.165) is 37.1 Å². The van der Waals surface area contributed by atoms with Crippen LogP contribution < -0.4 is 11.1 Å². The van der Waals surface area contributed by atoms with E-state index in [4.69, 9.17) is 5.73 Å². The zero-order valence-corrected chi connectivity index (χ0v) is 15.5. The zero-order valence-electron chi connectivity index (χ0n) is 15.5. The Morgan fingerprint density at radius 3 is 2.74 bits per heavy atom. The number of rotatable bonds is 7. The van der Waals surface area contributed by atoms with E-state index in [1.54, 1.807) is 10.9 Å². The van der Waals surface area contributed by atoms with Crippen LogP contribution in [0.4, 0.5) is 0 Å². The summed E-state index contributed by atoms with van der Waals surface area (Å²) in [6, 6.07) is 9.82. The quantitative estimate of drug-likeness (QED) is 0.768. The summed E-state index contributed by atoms with van der Waals surface area (Å²) < 4.78 is 1.79. The molecule has 0 saturated carbocycles. The highest BCUT2D eigenvalue weighted by Gasteiger charge is 2.26. The van der Waals surface area contributed by atoms with Crippen molar-refractivity contribution in [3.8, 4) is 5.69 Å². The second kappa shape index (κ2) is 9.32. The van der Waals surface area contributed by atoms with Crippen LogP contribution in [0.2, 0.25) is 0 Å². The predicted octanol–water partition coefficient (Wildman–Crippen LogP) is 1.26. The van der Waals surface area contributed by atoms with Gasteiger partial charge in [0.15, 0.2) is 0 Å². The first-order chi connectivity index (χ1) is 13.2. The van der Waals surface area contributed by atoms with Crippen molar-refractivity contribution in [2.75, 3.05) is 19.6 Å². The normalized spacial score (nSPS) is 16.9. The number of nitrogens with zero attached hydrogens (tertiary/aromatic N) is 3. The number of hydrogen-bond donors (Lipinski definition) is 2. The smallest absolute Gasteiger partial charge is 0.227 e. The molecule has 1 saturated heterocycles. The third-order valence-corrected chi connectivity index (χ3v) is 4.91. The number of nitrogens with one attached hydrogen (secondary N) is 1. The number of carbonyl (C=O) groups is 2. The number of amides is 2. The lowest BCUT2D eigenvalue weighted by Crippen LogP contribution is -2.50. The topological polar surface area (TPSA) is 93.3 Å². The van der Waals surface area contributed by atoms with Gasteiger partial charge in [0, 0.05) is 44.5 Å². The van der Waals surface area contributed by atoms with Crippen molar-refractivity contribution in [1.82, 2.24) is 20.0 Å². The molecule has 0 radical (unpaired) electrons. The molecule has 3 rings (SSSR count). The fourth-order valence-electron chi connectivity index (χ4n) is 3.46. The van der Waals surface area contributed by atoms with Crippen molar-refractivity contribution in [2.45, 2.75) is 38.1 Å². The number of carbonyl (C=O) groups excluding carboxylic acids is 2. The first-order valence-electron chi connectivity index (χ1n) is 9.52. The highest BCUT2D eigenvalue weighted by molar-refractivity contribution is 5.79. The molecule has 2 aromatic rings. The molecule has 27 heavy (non-hydrogen) atoms. The molecule has 3 N–H and O–H groups in total. The molecule has 1 aromatic carbocycles. The Hall–Kier alpha value is -2.67. The molecule has 144 valence electrons. The molecule has 1 atom stereocenters. The molecule has 7 heteroatoms. The average molecular weight is 369 g/mol. The zero-order chi connectivity index (χ0) is 19.1. The SMILES string of the molecule is NCCC(=O)NCC1CCCCN1C(=O)Cc1ccc(-n2cccn2)cc1. The highest BCUT2D eigenvalue weighted by atomic mass is 16.2. The predicted molar refractivity (Wildman–Crippen MR) is 103 cm³/mol.